The first-order valence-corrected chi connectivity index (χ1v) is 7.30. The van der Waals surface area contributed by atoms with Crippen molar-refractivity contribution in [2.24, 2.45) is 5.41 Å². The highest BCUT2D eigenvalue weighted by molar-refractivity contribution is 5.18. The van der Waals surface area contributed by atoms with Crippen molar-refractivity contribution < 1.29 is 4.39 Å². The second-order valence-electron chi connectivity index (χ2n) is 6.62. The molecule has 0 saturated heterocycles. The van der Waals surface area contributed by atoms with E-state index >= 15 is 0 Å². The molecule has 108 valence electrons. The summed E-state index contributed by atoms with van der Waals surface area (Å²) in [6.07, 6.45) is 3.13. The maximum Gasteiger partial charge on any atom is 0.123 e. The van der Waals surface area contributed by atoms with Gasteiger partial charge in [0.2, 0.25) is 0 Å². The third-order valence-corrected chi connectivity index (χ3v) is 3.96. The van der Waals surface area contributed by atoms with E-state index in [0.717, 1.165) is 31.4 Å². The zero-order valence-electron chi connectivity index (χ0n) is 13.0. The molecule has 0 radical (unpaired) electrons. The van der Waals surface area contributed by atoms with Crippen molar-refractivity contribution in [2.75, 3.05) is 6.54 Å². The van der Waals surface area contributed by atoms with Gasteiger partial charge >= 0.3 is 0 Å². The summed E-state index contributed by atoms with van der Waals surface area (Å²) < 4.78 is 13.3. The Balaban J connectivity index is 2.81. The number of benzene rings is 1. The fourth-order valence-electron chi connectivity index (χ4n) is 2.35. The van der Waals surface area contributed by atoms with Gasteiger partial charge in [-0.3, -0.25) is 0 Å². The van der Waals surface area contributed by atoms with E-state index in [9.17, 15) is 4.39 Å². The minimum Gasteiger partial charge on any atom is -0.312 e. The SMILES string of the molecule is CCC(CC)(CNC(C)(C)C)Cc1cccc(F)c1. The Bertz CT molecular complexity index is 388. The average molecular weight is 265 g/mol. The van der Waals surface area contributed by atoms with Crippen molar-refractivity contribution >= 4 is 0 Å². The third-order valence-electron chi connectivity index (χ3n) is 3.96. The first-order valence-electron chi connectivity index (χ1n) is 7.30. The van der Waals surface area contributed by atoms with Crippen molar-refractivity contribution in [3.8, 4) is 0 Å². The lowest BCUT2D eigenvalue weighted by molar-refractivity contribution is 0.220. The van der Waals surface area contributed by atoms with Gasteiger partial charge in [-0.25, -0.2) is 4.39 Å². The summed E-state index contributed by atoms with van der Waals surface area (Å²) in [5, 5.41) is 3.61. The van der Waals surface area contributed by atoms with E-state index in [2.05, 4.69) is 39.9 Å². The van der Waals surface area contributed by atoms with Gasteiger partial charge in [0, 0.05) is 12.1 Å². The molecule has 1 aromatic carbocycles. The van der Waals surface area contributed by atoms with Gasteiger partial charge in [0.25, 0.3) is 0 Å². The average Bonchev–Trinajstić information content (AvgIpc) is 2.34. The molecule has 1 N–H and O–H groups in total. The second kappa shape index (κ2) is 6.51. The van der Waals surface area contributed by atoms with Crippen LogP contribution in [0.3, 0.4) is 0 Å². The smallest absolute Gasteiger partial charge is 0.123 e. The first kappa shape index (κ1) is 16.2. The minimum absolute atomic E-state index is 0.123. The van der Waals surface area contributed by atoms with E-state index in [-0.39, 0.29) is 16.8 Å². The molecule has 2 heteroatoms. The molecule has 0 aliphatic carbocycles. The number of nitrogens with one attached hydrogen (secondary N) is 1. The second-order valence-corrected chi connectivity index (χ2v) is 6.62. The predicted molar refractivity (Wildman–Crippen MR) is 80.9 cm³/mol. The molecule has 0 aliphatic heterocycles. The highest BCUT2D eigenvalue weighted by Crippen LogP contribution is 2.31. The van der Waals surface area contributed by atoms with E-state index in [0.29, 0.717) is 0 Å². The lowest BCUT2D eigenvalue weighted by atomic mass is 9.76. The molecule has 0 spiro atoms. The number of halogens is 1. The molecule has 0 aliphatic rings. The van der Waals surface area contributed by atoms with Gasteiger partial charge in [-0.1, -0.05) is 26.0 Å². The molecule has 0 amide bonds. The van der Waals surface area contributed by atoms with Gasteiger partial charge in [0.15, 0.2) is 0 Å². The lowest BCUT2D eigenvalue weighted by Crippen LogP contribution is -2.44. The Kier molecular flexibility index (Phi) is 5.54. The Hall–Kier alpha value is -0.890. The Labute approximate surface area is 117 Å². The van der Waals surface area contributed by atoms with E-state index in [4.69, 9.17) is 0 Å². The third kappa shape index (κ3) is 5.32. The maximum absolute atomic E-state index is 13.3. The molecular weight excluding hydrogens is 237 g/mol. The molecule has 0 fully saturated rings. The van der Waals surface area contributed by atoms with E-state index in [1.165, 1.54) is 6.07 Å². The van der Waals surface area contributed by atoms with Crippen LogP contribution in [0, 0.1) is 11.2 Å². The zero-order chi connectivity index (χ0) is 14.5. The van der Waals surface area contributed by atoms with E-state index in [1.54, 1.807) is 12.1 Å². The van der Waals surface area contributed by atoms with Crippen molar-refractivity contribution in [2.45, 2.75) is 59.4 Å². The van der Waals surface area contributed by atoms with Crippen molar-refractivity contribution in [1.82, 2.24) is 5.32 Å². The van der Waals surface area contributed by atoms with Gasteiger partial charge in [0.05, 0.1) is 0 Å². The summed E-state index contributed by atoms with van der Waals surface area (Å²) >= 11 is 0. The Morgan fingerprint density at radius 2 is 1.74 bits per heavy atom. The van der Waals surface area contributed by atoms with Gasteiger partial charge in [-0.15, -0.1) is 0 Å². The van der Waals surface area contributed by atoms with Gasteiger partial charge in [-0.2, -0.15) is 0 Å². The Morgan fingerprint density at radius 3 is 2.21 bits per heavy atom. The van der Waals surface area contributed by atoms with Gasteiger partial charge in [-0.05, 0) is 63.1 Å². The molecule has 1 aromatic rings. The summed E-state index contributed by atoms with van der Waals surface area (Å²) in [5.74, 6) is -0.137. The van der Waals surface area contributed by atoms with Crippen LogP contribution in [0.25, 0.3) is 0 Å². The summed E-state index contributed by atoms with van der Waals surface area (Å²) in [7, 11) is 0. The van der Waals surface area contributed by atoms with Crippen LogP contribution in [0.4, 0.5) is 4.39 Å². The number of hydrogen-bond acceptors (Lipinski definition) is 1. The molecule has 19 heavy (non-hydrogen) atoms. The van der Waals surface area contributed by atoms with Crippen LogP contribution in [0.2, 0.25) is 0 Å². The molecule has 0 bridgehead atoms. The molecule has 0 heterocycles. The number of hydrogen-bond donors (Lipinski definition) is 1. The van der Waals surface area contributed by atoms with Crippen LogP contribution < -0.4 is 5.32 Å². The lowest BCUT2D eigenvalue weighted by Gasteiger charge is -2.35. The number of rotatable bonds is 6. The molecule has 0 unspecified atom stereocenters. The topological polar surface area (TPSA) is 12.0 Å². The fraction of sp³-hybridized carbons (Fsp3) is 0.647. The fourth-order valence-corrected chi connectivity index (χ4v) is 2.35. The van der Waals surface area contributed by atoms with Crippen LogP contribution in [0.15, 0.2) is 24.3 Å². The maximum atomic E-state index is 13.3. The highest BCUT2D eigenvalue weighted by Gasteiger charge is 2.28. The first-order chi connectivity index (χ1) is 8.80. The molecule has 1 nitrogen and oxygen atoms in total. The highest BCUT2D eigenvalue weighted by atomic mass is 19.1. The molecule has 0 saturated carbocycles. The molecular formula is C17H28FN. The normalized spacial score (nSPS) is 12.7. The van der Waals surface area contributed by atoms with Gasteiger partial charge < -0.3 is 5.32 Å². The van der Waals surface area contributed by atoms with Crippen LogP contribution in [-0.4, -0.2) is 12.1 Å². The molecule has 0 atom stereocenters. The summed E-state index contributed by atoms with van der Waals surface area (Å²) in [6.45, 7) is 12.0. The van der Waals surface area contributed by atoms with Crippen LogP contribution in [-0.2, 0) is 6.42 Å². The Morgan fingerprint density at radius 1 is 1.11 bits per heavy atom. The van der Waals surface area contributed by atoms with E-state index < -0.39 is 0 Å². The van der Waals surface area contributed by atoms with Crippen molar-refractivity contribution in [3.05, 3.63) is 35.6 Å². The van der Waals surface area contributed by atoms with Crippen LogP contribution >= 0.6 is 0 Å². The minimum atomic E-state index is -0.137. The summed E-state index contributed by atoms with van der Waals surface area (Å²) in [4.78, 5) is 0. The summed E-state index contributed by atoms with van der Waals surface area (Å²) in [5.41, 5.74) is 1.43. The largest absolute Gasteiger partial charge is 0.312 e. The van der Waals surface area contributed by atoms with Crippen LogP contribution in [0.1, 0.15) is 53.0 Å². The van der Waals surface area contributed by atoms with Crippen molar-refractivity contribution in [1.29, 1.82) is 0 Å². The van der Waals surface area contributed by atoms with E-state index in [1.807, 2.05) is 6.07 Å². The van der Waals surface area contributed by atoms with Crippen LogP contribution in [0.5, 0.6) is 0 Å². The zero-order valence-corrected chi connectivity index (χ0v) is 13.0. The van der Waals surface area contributed by atoms with Crippen molar-refractivity contribution in [3.63, 3.8) is 0 Å². The standard InChI is InChI=1S/C17H28FN/c1-6-17(7-2,13-19-16(3,4)5)12-14-9-8-10-15(18)11-14/h8-11,19H,6-7,12-13H2,1-5H3. The monoisotopic (exact) mass is 265 g/mol. The van der Waals surface area contributed by atoms with Gasteiger partial charge in [0.1, 0.15) is 5.82 Å². The molecule has 0 aromatic heterocycles. The summed E-state index contributed by atoms with van der Waals surface area (Å²) in [6, 6.07) is 7.01. The molecule has 1 rings (SSSR count). The quantitative estimate of drug-likeness (QED) is 0.795. The predicted octanol–water partition coefficient (Wildman–Crippen LogP) is 4.56.